The van der Waals surface area contributed by atoms with Gasteiger partial charge in [0, 0.05) is 63.0 Å². The van der Waals surface area contributed by atoms with Crippen molar-refractivity contribution < 1.29 is 14.4 Å². The molecule has 37 heavy (non-hydrogen) atoms. The van der Waals surface area contributed by atoms with Gasteiger partial charge in [0.25, 0.3) is 0 Å². The van der Waals surface area contributed by atoms with E-state index in [1.807, 2.05) is 23.1 Å². The van der Waals surface area contributed by atoms with Crippen molar-refractivity contribution in [2.75, 3.05) is 49.1 Å². The summed E-state index contributed by atoms with van der Waals surface area (Å²) in [6.45, 7) is 5.05. The van der Waals surface area contributed by atoms with E-state index in [0.717, 1.165) is 57.8 Å². The fourth-order valence-corrected chi connectivity index (χ4v) is 5.91. The number of aromatic amines is 1. The standard InChI is InChI=1S/C27H30N6O4/c34-17-30-9-8-19(16-30)18-2-1-3-20(14-18)31-10-12-32(13-11-31)21-4-5-23-22(15-21)28-27(37)33(23)24-6-7-25(35)29-26(24)36/h1-5,14-15,17,19,24H,6-13,16H2,(H,28,37)(H,29,35,36). The number of anilines is 2. The number of H-pyrrole nitrogens is 1. The molecule has 4 heterocycles. The molecule has 6 rings (SSSR count). The highest BCUT2D eigenvalue weighted by Gasteiger charge is 2.31. The number of amides is 3. The van der Waals surface area contributed by atoms with Crippen LogP contribution in [0.5, 0.6) is 0 Å². The molecule has 3 saturated heterocycles. The molecule has 3 aliphatic heterocycles. The zero-order chi connectivity index (χ0) is 25.5. The van der Waals surface area contributed by atoms with E-state index in [2.05, 4.69) is 44.4 Å². The third kappa shape index (κ3) is 4.36. The molecule has 2 atom stereocenters. The predicted molar refractivity (Wildman–Crippen MR) is 140 cm³/mol. The fraction of sp³-hybridized carbons (Fsp3) is 0.407. The second kappa shape index (κ2) is 9.42. The van der Waals surface area contributed by atoms with Gasteiger partial charge in [0.1, 0.15) is 6.04 Å². The highest BCUT2D eigenvalue weighted by Crippen LogP contribution is 2.30. The van der Waals surface area contributed by atoms with Crippen LogP contribution in [0.4, 0.5) is 11.4 Å². The first-order valence-corrected chi connectivity index (χ1v) is 12.9. The maximum absolute atomic E-state index is 12.7. The molecule has 2 N–H and O–H groups in total. The van der Waals surface area contributed by atoms with E-state index in [1.165, 1.54) is 15.8 Å². The van der Waals surface area contributed by atoms with E-state index in [0.29, 0.717) is 23.4 Å². The second-order valence-corrected chi connectivity index (χ2v) is 10.1. The molecule has 0 aliphatic carbocycles. The lowest BCUT2D eigenvalue weighted by atomic mass is 9.97. The van der Waals surface area contributed by atoms with Crippen LogP contribution in [0.1, 0.15) is 36.8 Å². The number of piperidine rings is 1. The lowest BCUT2D eigenvalue weighted by Crippen LogP contribution is -2.46. The first-order valence-electron chi connectivity index (χ1n) is 12.9. The molecule has 192 valence electrons. The summed E-state index contributed by atoms with van der Waals surface area (Å²) in [5, 5.41) is 2.33. The van der Waals surface area contributed by atoms with Crippen LogP contribution in [0, 0.1) is 0 Å². The van der Waals surface area contributed by atoms with E-state index >= 15 is 0 Å². The Labute approximate surface area is 213 Å². The van der Waals surface area contributed by atoms with E-state index < -0.39 is 11.9 Å². The molecule has 3 aromatic rings. The third-order valence-electron chi connectivity index (χ3n) is 7.94. The molecule has 0 spiro atoms. The molecule has 10 heteroatoms. The maximum atomic E-state index is 12.7. The first-order chi connectivity index (χ1) is 18.0. The number of aromatic nitrogens is 2. The summed E-state index contributed by atoms with van der Waals surface area (Å²) in [4.78, 5) is 57.1. The summed E-state index contributed by atoms with van der Waals surface area (Å²) in [5.41, 5.74) is 4.53. The van der Waals surface area contributed by atoms with Gasteiger partial charge in [-0.3, -0.25) is 24.3 Å². The number of carbonyl (C=O) groups is 3. The van der Waals surface area contributed by atoms with Crippen molar-refractivity contribution in [1.82, 2.24) is 19.8 Å². The number of imide groups is 1. The normalized spacial score (nSPS) is 22.5. The smallest absolute Gasteiger partial charge is 0.327 e. The number of hydrogen-bond acceptors (Lipinski definition) is 6. The Kier molecular flexibility index (Phi) is 5.94. The lowest BCUT2D eigenvalue weighted by molar-refractivity contribution is -0.135. The number of hydrogen-bond donors (Lipinski definition) is 2. The monoisotopic (exact) mass is 502 g/mol. The maximum Gasteiger partial charge on any atom is 0.327 e. The molecule has 2 aromatic carbocycles. The van der Waals surface area contributed by atoms with Gasteiger partial charge in [-0.15, -0.1) is 0 Å². The topological polar surface area (TPSA) is 111 Å². The number of likely N-dealkylation sites (tertiary alicyclic amines) is 1. The van der Waals surface area contributed by atoms with Gasteiger partial charge < -0.3 is 19.7 Å². The van der Waals surface area contributed by atoms with Crippen LogP contribution in [0.15, 0.2) is 47.3 Å². The minimum Gasteiger partial charge on any atom is -0.368 e. The van der Waals surface area contributed by atoms with Gasteiger partial charge in [0.05, 0.1) is 11.0 Å². The summed E-state index contributed by atoms with van der Waals surface area (Å²) in [6.07, 6.45) is 2.49. The zero-order valence-electron chi connectivity index (χ0n) is 20.6. The summed E-state index contributed by atoms with van der Waals surface area (Å²) in [6, 6.07) is 13.8. The largest absolute Gasteiger partial charge is 0.368 e. The van der Waals surface area contributed by atoms with Gasteiger partial charge in [-0.05, 0) is 48.7 Å². The molecule has 2 unspecified atom stereocenters. The quantitative estimate of drug-likeness (QED) is 0.405. The fourth-order valence-electron chi connectivity index (χ4n) is 5.91. The summed E-state index contributed by atoms with van der Waals surface area (Å²) in [7, 11) is 0. The number of fused-ring (bicyclic) bond motifs is 1. The molecule has 0 radical (unpaired) electrons. The number of carbonyl (C=O) groups excluding carboxylic acids is 3. The van der Waals surface area contributed by atoms with Crippen LogP contribution in [0.2, 0.25) is 0 Å². The molecule has 3 aliphatic rings. The van der Waals surface area contributed by atoms with Crippen molar-refractivity contribution in [2.24, 2.45) is 0 Å². The lowest BCUT2D eigenvalue weighted by Gasteiger charge is -2.37. The van der Waals surface area contributed by atoms with Crippen molar-refractivity contribution in [2.45, 2.75) is 31.2 Å². The van der Waals surface area contributed by atoms with Crippen molar-refractivity contribution in [3.63, 3.8) is 0 Å². The molecule has 10 nitrogen and oxygen atoms in total. The van der Waals surface area contributed by atoms with Gasteiger partial charge in [-0.1, -0.05) is 12.1 Å². The van der Waals surface area contributed by atoms with E-state index in [-0.39, 0.29) is 18.0 Å². The Morgan fingerprint density at radius 3 is 2.32 bits per heavy atom. The third-order valence-corrected chi connectivity index (χ3v) is 7.94. The summed E-state index contributed by atoms with van der Waals surface area (Å²) < 4.78 is 1.46. The molecule has 1 aromatic heterocycles. The Balaban J connectivity index is 1.15. The van der Waals surface area contributed by atoms with Gasteiger partial charge in [-0.2, -0.15) is 0 Å². The number of nitrogens with one attached hydrogen (secondary N) is 2. The van der Waals surface area contributed by atoms with Crippen LogP contribution in [-0.2, 0) is 14.4 Å². The van der Waals surface area contributed by atoms with Crippen LogP contribution >= 0.6 is 0 Å². The van der Waals surface area contributed by atoms with Gasteiger partial charge in [-0.25, -0.2) is 4.79 Å². The van der Waals surface area contributed by atoms with Gasteiger partial charge in [0.15, 0.2) is 0 Å². The molecular weight excluding hydrogens is 472 g/mol. The van der Waals surface area contributed by atoms with Crippen molar-refractivity contribution in [3.8, 4) is 0 Å². The van der Waals surface area contributed by atoms with Crippen molar-refractivity contribution >= 4 is 40.6 Å². The second-order valence-electron chi connectivity index (χ2n) is 10.1. The number of rotatable bonds is 5. The number of nitrogens with zero attached hydrogens (tertiary/aromatic N) is 4. The van der Waals surface area contributed by atoms with E-state index in [9.17, 15) is 19.2 Å². The van der Waals surface area contributed by atoms with Crippen LogP contribution in [0.25, 0.3) is 11.0 Å². The van der Waals surface area contributed by atoms with Gasteiger partial charge >= 0.3 is 5.69 Å². The highest BCUT2D eigenvalue weighted by molar-refractivity contribution is 6.00. The number of imidazole rings is 1. The minimum absolute atomic E-state index is 0.221. The highest BCUT2D eigenvalue weighted by atomic mass is 16.2. The molecular formula is C27H30N6O4. The van der Waals surface area contributed by atoms with Crippen LogP contribution < -0.4 is 20.8 Å². The SMILES string of the molecule is O=CN1CCC(c2cccc(N3CCN(c4ccc5c(c4)[nH]c(=O)n5C4CCC(=O)NC4=O)CC3)c2)C1. The Bertz CT molecular complexity index is 1420. The average molecular weight is 503 g/mol. The molecule has 0 saturated carbocycles. The summed E-state index contributed by atoms with van der Waals surface area (Å²) in [5.74, 6) is -0.337. The van der Waals surface area contributed by atoms with Gasteiger partial charge in [0.2, 0.25) is 18.2 Å². The van der Waals surface area contributed by atoms with Crippen LogP contribution in [0.3, 0.4) is 0 Å². The minimum atomic E-state index is -0.685. The Hall–Kier alpha value is -4.08. The molecule has 3 amide bonds. The number of piperazine rings is 1. The zero-order valence-corrected chi connectivity index (χ0v) is 20.6. The van der Waals surface area contributed by atoms with Crippen molar-refractivity contribution in [3.05, 3.63) is 58.5 Å². The molecule has 3 fully saturated rings. The summed E-state index contributed by atoms with van der Waals surface area (Å²) >= 11 is 0. The average Bonchev–Trinajstić information content (AvgIpc) is 3.53. The van der Waals surface area contributed by atoms with E-state index in [4.69, 9.17) is 0 Å². The first kappa shape index (κ1) is 23.3. The van der Waals surface area contributed by atoms with Crippen LogP contribution in [-0.4, -0.2) is 71.9 Å². The Morgan fingerprint density at radius 1 is 0.865 bits per heavy atom. The molecule has 0 bridgehead atoms. The predicted octanol–water partition coefficient (Wildman–Crippen LogP) is 1.58. The Morgan fingerprint density at radius 2 is 1.62 bits per heavy atom. The number of benzene rings is 2. The van der Waals surface area contributed by atoms with E-state index in [1.54, 1.807) is 0 Å². The van der Waals surface area contributed by atoms with Crippen molar-refractivity contribution in [1.29, 1.82) is 0 Å².